The van der Waals surface area contributed by atoms with Crippen LogP contribution in [0.15, 0.2) is 48.7 Å². The molecule has 0 aliphatic carbocycles. The number of nitrogens with one attached hydrogen (secondary N) is 1. The maximum absolute atomic E-state index is 13.7. The summed E-state index contributed by atoms with van der Waals surface area (Å²) in [6, 6.07) is 9.43. The molecule has 6 heteroatoms. The van der Waals surface area contributed by atoms with Gasteiger partial charge in [0.05, 0.1) is 11.9 Å². The van der Waals surface area contributed by atoms with Gasteiger partial charge in [0, 0.05) is 29.4 Å². The normalized spacial score (nSPS) is 12.4. The molecule has 3 aromatic rings. The van der Waals surface area contributed by atoms with Crippen molar-refractivity contribution in [3.8, 4) is 5.69 Å². The first kappa shape index (κ1) is 17.2. The highest BCUT2D eigenvalue weighted by atomic mass is 19.1. The van der Waals surface area contributed by atoms with E-state index in [0.29, 0.717) is 5.69 Å². The number of hydrogen-bond acceptors (Lipinski definition) is 2. The van der Waals surface area contributed by atoms with E-state index in [0.717, 1.165) is 23.4 Å². The molecule has 3 rings (SSSR count). The highest BCUT2D eigenvalue weighted by Crippen LogP contribution is 2.21. The van der Waals surface area contributed by atoms with Crippen molar-refractivity contribution < 1.29 is 13.2 Å². The smallest absolute Gasteiger partial charge is 0.127 e. The van der Waals surface area contributed by atoms with Crippen LogP contribution in [0.2, 0.25) is 0 Å². The highest BCUT2D eigenvalue weighted by Gasteiger charge is 2.15. The van der Waals surface area contributed by atoms with Crippen LogP contribution in [0.4, 0.5) is 13.2 Å². The molecule has 3 nitrogen and oxygen atoms in total. The van der Waals surface area contributed by atoms with Crippen molar-refractivity contribution in [3.63, 3.8) is 0 Å². The average Bonchev–Trinajstić information content (AvgIpc) is 2.97. The molecule has 1 atom stereocenters. The Morgan fingerprint density at radius 2 is 1.84 bits per heavy atom. The molecule has 1 heterocycles. The number of halogens is 3. The van der Waals surface area contributed by atoms with E-state index in [2.05, 4.69) is 10.4 Å². The predicted molar refractivity (Wildman–Crippen MR) is 89.9 cm³/mol. The monoisotopic (exact) mass is 345 g/mol. The summed E-state index contributed by atoms with van der Waals surface area (Å²) >= 11 is 0. The fourth-order valence-electron chi connectivity index (χ4n) is 2.77. The summed E-state index contributed by atoms with van der Waals surface area (Å²) in [4.78, 5) is 0. The number of aromatic nitrogens is 2. The zero-order chi connectivity index (χ0) is 18.0. The van der Waals surface area contributed by atoms with Crippen molar-refractivity contribution in [2.75, 3.05) is 0 Å². The third-order valence-corrected chi connectivity index (χ3v) is 4.17. The lowest BCUT2D eigenvalue weighted by molar-refractivity contribution is 0.534. The van der Waals surface area contributed by atoms with Crippen molar-refractivity contribution >= 4 is 0 Å². The van der Waals surface area contributed by atoms with E-state index in [1.807, 2.05) is 13.8 Å². The lowest BCUT2D eigenvalue weighted by Crippen LogP contribution is -2.19. The number of rotatable bonds is 5. The Morgan fingerprint density at radius 3 is 2.60 bits per heavy atom. The van der Waals surface area contributed by atoms with Crippen LogP contribution in [0.1, 0.15) is 29.8 Å². The third kappa shape index (κ3) is 3.74. The minimum absolute atomic E-state index is 0.134. The van der Waals surface area contributed by atoms with Crippen molar-refractivity contribution in [2.45, 2.75) is 26.4 Å². The van der Waals surface area contributed by atoms with Crippen LogP contribution in [0, 0.1) is 24.4 Å². The maximum atomic E-state index is 13.7. The van der Waals surface area contributed by atoms with Gasteiger partial charge in [0.1, 0.15) is 17.5 Å². The average molecular weight is 345 g/mol. The Bertz CT molecular complexity index is 889. The number of hydrogen-bond donors (Lipinski definition) is 1. The van der Waals surface area contributed by atoms with Crippen LogP contribution >= 0.6 is 0 Å². The second kappa shape index (κ2) is 7.11. The SMILES string of the molecule is Cc1c([C@H](C)NCc2cc(F)ccc2F)cnn1-c1cccc(F)c1. The molecule has 0 bridgehead atoms. The van der Waals surface area contributed by atoms with Gasteiger partial charge in [-0.15, -0.1) is 0 Å². The van der Waals surface area contributed by atoms with E-state index in [1.54, 1.807) is 23.0 Å². The molecule has 2 aromatic carbocycles. The van der Waals surface area contributed by atoms with Gasteiger partial charge in [-0.25, -0.2) is 17.9 Å². The summed E-state index contributed by atoms with van der Waals surface area (Å²) in [5.74, 6) is -1.25. The molecule has 1 N–H and O–H groups in total. The van der Waals surface area contributed by atoms with E-state index >= 15 is 0 Å². The molecule has 0 fully saturated rings. The maximum Gasteiger partial charge on any atom is 0.127 e. The van der Waals surface area contributed by atoms with Gasteiger partial charge in [-0.2, -0.15) is 5.10 Å². The standard InChI is InChI=1S/C19H18F3N3/c1-12(23-10-14-8-16(21)6-7-19(14)22)18-11-24-25(13(18)2)17-5-3-4-15(20)9-17/h3-9,11-12,23H,10H2,1-2H3/t12-/m0/s1. The lowest BCUT2D eigenvalue weighted by atomic mass is 10.1. The highest BCUT2D eigenvalue weighted by molar-refractivity contribution is 5.36. The van der Waals surface area contributed by atoms with Crippen molar-refractivity contribution in [2.24, 2.45) is 0 Å². The van der Waals surface area contributed by atoms with E-state index < -0.39 is 11.6 Å². The summed E-state index contributed by atoms with van der Waals surface area (Å²) < 4.78 is 42.0. The Kier molecular flexibility index (Phi) is 4.90. The molecule has 1 aromatic heterocycles. The number of nitrogens with zero attached hydrogens (tertiary/aromatic N) is 2. The Morgan fingerprint density at radius 1 is 1.08 bits per heavy atom. The first-order chi connectivity index (χ1) is 12.0. The van der Waals surface area contributed by atoms with Crippen molar-refractivity contribution in [1.29, 1.82) is 0 Å². The Hall–Kier alpha value is -2.60. The Balaban J connectivity index is 1.77. The first-order valence-electron chi connectivity index (χ1n) is 7.93. The fraction of sp³-hybridized carbons (Fsp3) is 0.211. The fourth-order valence-corrected chi connectivity index (χ4v) is 2.77. The van der Waals surface area contributed by atoms with Crippen LogP contribution < -0.4 is 5.32 Å². The molecule has 0 radical (unpaired) electrons. The van der Waals surface area contributed by atoms with Gasteiger partial charge < -0.3 is 5.32 Å². The zero-order valence-electron chi connectivity index (χ0n) is 13.9. The van der Waals surface area contributed by atoms with Gasteiger partial charge in [0.2, 0.25) is 0 Å². The van der Waals surface area contributed by atoms with Gasteiger partial charge in [0.25, 0.3) is 0 Å². The van der Waals surface area contributed by atoms with Crippen LogP contribution in [-0.4, -0.2) is 9.78 Å². The molecular formula is C19H18F3N3. The number of benzene rings is 2. The van der Waals surface area contributed by atoms with Gasteiger partial charge in [0.15, 0.2) is 0 Å². The molecule has 0 saturated carbocycles. The quantitative estimate of drug-likeness (QED) is 0.740. The van der Waals surface area contributed by atoms with Gasteiger partial charge in [-0.05, 0) is 50.2 Å². The predicted octanol–water partition coefficient (Wildman–Crippen LogP) is 4.45. The third-order valence-electron chi connectivity index (χ3n) is 4.17. The molecule has 0 saturated heterocycles. The molecule has 0 spiro atoms. The summed E-state index contributed by atoms with van der Waals surface area (Å²) in [6.45, 7) is 3.99. The lowest BCUT2D eigenvalue weighted by Gasteiger charge is -2.14. The molecule has 25 heavy (non-hydrogen) atoms. The van der Waals surface area contributed by atoms with Gasteiger partial charge >= 0.3 is 0 Å². The largest absolute Gasteiger partial charge is 0.306 e. The van der Waals surface area contributed by atoms with Crippen LogP contribution in [0.3, 0.4) is 0 Å². The Labute approximate surface area is 144 Å². The van der Waals surface area contributed by atoms with E-state index in [1.165, 1.54) is 18.2 Å². The van der Waals surface area contributed by atoms with Crippen LogP contribution in [0.25, 0.3) is 5.69 Å². The van der Waals surface area contributed by atoms with Crippen molar-refractivity contribution in [3.05, 3.63) is 82.9 Å². The van der Waals surface area contributed by atoms with Crippen LogP contribution in [-0.2, 0) is 6.54 Å². The molecule has 0 aliphatic heterocycles. The van der Waals surface area contributed by atoms with Crippen molar-refractivity contribution in [1.82, 2.24) is 15.1 Å². The van der Waals surface area contributed by atoms with Crippen LogP contribution in [0.5, 0.6) is 0 Å². The van der Waals surface area contributed by atoms with Gasteiger partial charge in [-0.3, -0.25) is 0 Å². The first-order valence-corrected chi connectivity index (χ1v) is 7.93. The molecule has 0 unspecified atom stereocenters. The minimum Gasteiger partial charge on any atom is -0.306 e. The summed E-state index contributed by atoms with van der Waals surface area (Å²) in [5, 5.41) is 7.48. The summed E-state index contributed by atoms with van der Waals surface area (Å²) in [6.07, 6.45) is 1.69. The van der Waals surface area contributed by atoms with E-state index in [4.69, 9.17) is 0 Å². The zero-order valence-corrected chi connectivity index (χ0v) is 13.9. The van der Waals surface area contributed by atoms with E-state index in [9.17, 15) is 13.2 Å². The molecule has 0 amide bonds. The van der Waals surface area contributed by atoms with E-state index in [-0.39, 0.29) is 24.0 Å². The summed E-state index contributed by atoms with van der Waals surface area (Å²) in [5.41, 5.74) is 2.65. The second-order valence-electron chi connectivity index (χ2n) is 5.92. The molecule has 0 aliphatic rings. The molecule has 130 valence electrons. The molecular weight excluding hydrogens is 327 g/mol. The van der Waals surface area contributed by atoms with Gasteiger partial charge in [-0.1, -0.05) is 6.07 Å². The minimum atomic E-state index is -0.471. The second-order valence-corrected chi connectivity index (χ2v) is 5.92. The topological polar surface area (TPSA) is 29.9 Å². The summed E-state index contributed by atoms with van der Waals surface area (Å²) in [7, 11) is 0.